The van der Waals surface area contributed by atoms with Gasteiger partial charge in [-0.2, -0.15) is 8.78 Å². The fourth-order valence-corrected chi connectivity index (χ4v) is 4.57. The monoisotopic (exact) mass is 566 g/mol. The molecule has 1 aromatic heterocycles. The number of benzene rings is 1. The van der Waals surface area contributed by atoms with E-state index in [4.69, 9.17) is 16.3 Å². The molecule has 1 aromatic carbocycles. The van der Waals surface area contributed by atoms with Gasteiger partial charge in [-0.15, -0.1) is 0 Å². The van der Waals surface area contributed by atoms with E-state index in [1.165, 1.54) is 42.7 Å². The number of aromatic nitrogens is 1. The Morgan fingerprint density at radius 3 is 2.69 bits per heavy atom. The number of aliphatic hydroxyl groups is 1. The molecule has 3 amide bonds. The Morgan fingerprint density at radius 2 is 2.08 bits per heavy atom. The van der Waals surface area contributed by atoms with Crippen molar-refractivity contribution in [1.82, 2.24) is 20.9 Å². The second-order valence-corrected chi connectivity index (χ2v) is 9.88. The number of alkyl halides is 2. The van der Waals surface area contributed by atoms with E-state index in [0.717, 1.165) is 6.07 Å². The number of carbonyl (C=O) groups excluding carboxylic acids is 3. The summed E-state index contributed by atoms with van der Waals surface area (Å²) >= 11 is 5.92. The second-order valence-electron chi connectivity index (χ2n) is 9.44. The van der Waals surface area contributed by atoms with Gasteiger partial charge < -0.3 is 25.8 Å². The summed E-state index contributed by atoms with van der Waals surface area (Å²) in [6.45, 7) is 2.02. The molecule has 0 radical (unpaired) electrons. The lowest BCUT2D eigenvalue weighted by Crippen LogP contribution is -2.51. The third-order valence-corrected chi connectivity index (χ3v) is 6.74. The molecule has 2 heterocycles. The molecule has 1 aliphatic heterocycles. The van der Waals surface area contributed by atoms with Crippen LogP contribution in [0.5, 0.6) is 0 Å². The van der Waals surface area contributed by atoms with E-state index in [-0.39, 0.29) is 35.3 Å². The highest BCUT2D eigenvalue weighted by Crippen LogP contribution is 2.43. The fourth-order valence-electron chi connectivity index (χ4n) is 4.38. The number of carbonyl (C=O) groups is 3. The number of amides is 3. The molecular weight excluding hydrogens is 534 g/mol. The number of hydrogen-bond acceptors (Lipinski definition) is 6. The molecule has 0 bridgehead atoms. The lowest BCUT2D eigenvalue weighted by Gasteiger charge is -2.28. The van der Waals surface area contributed by atoms with E-state index < -0.39 is 48.3 Å². The highest BCUT2D eigenvalue weighted by Gasteiger charge is 2.46. The molecule has 4 atom stereocenters. The summed E-state index contributed by atoms with van der Waals surface area (Å²) in [7, 11) is 0. The number of hydrogen-bond donors (Lipinski definition) is 4. The van der Waals surface area contributed by atoms with Gasteiger partial charge in [0.05, 0.1) is 12.6 Å². The van der Waals surface area contributed by atoms with Crippen LogP contribution in [0.3, 0.4) is 0 Å². The quantitative estimate of drug-likeness (QED) is 0.291. The molecule has 212 valence electrons. The van der Waals surface area contributed by atoms with Gasteiger partial charge in [0.2, 0.25) is 11.8 Å². The average Bonchev–Trinajstić information content (AvgIpc) is 3.33. The Labute approximate surface area is 230 Å². The SMILES string of the molecule is CCCC[C@H](NC(=O)OC(c1cccnc1)C(F)(F)c1cccc(Cl)c1)C(=O)N[C@H](CO)C[C@@H]1CCNC1=O. The summed E-state index contributed by atoms with van der Waals surface area (Å²) in [6, 6.07) is 6.04. The molecule has 1 aliphatic rings. The highest BCUT2D eigenvalue weighted by atomic mass is 35.5. The average molecular weight is 567 g/mol. The van der Waals surface area contributed by atoms with Gasteiger partial charge in [-0.25, -0.2) is 4.79 Å². The molecule has 1 fully saturated rings. The Morgan fingerprint density at radius 1 is 1.28 bits per heavy atom. The van der Waals surface area contributed by atoms with Crippen molar-refractivity contribution in [2.75, 3.05) is 13.2 Å². The zero-order valence-corrected chi connectivity index (χ0v) is 22.3. The number of rotatable bonds is 13. The zero-order valence-electron chi connectivity index (χ0n) is 21.5. The first-order chi connectivity index (χ1) is 18.6. The van der Waals surface area contributed by atoms with E-state index in [0.29, 0.717) is 25.8 Å². The number of halogens is 3. The molecule has 4 N–H and O–H groups in total. The summed E-state index contributed by atoms with van der Waals surface area (Å²) < 4.78 is 36.6. The maximum Gasteiger partial charge on any atom is 0.408 e. The highest BCUT2D eigenvalue weighted by molar-refractivity contribution is 6.30. The van der Waals surface area contributed by atoms with Gasteiger partial charge in [-0.05, 0) is 37.5 Å². The lowest BCUT2D eigenvalue weighted by molar-refractivity contribution is -0.128. The minimum Gasteiger partial charge on any atom is -0.434 e. The van der Waals surface area contributed by atoms with Gasteiger partial charge in [0.15, 0.2) is 6.10 Å². The van der Waals surface area contributed by atoms with Gasteiger partial charge in [0, 0.05) is 41.0 Å². The maximum absolute atomic E-state index is 15.7. The molecule has 1 unspecified atom stereocenters. The molecule has 0 saturated carbocycles. The second kappa shape index (κ2) is 14.2. The van der Waals surface area contributed by atoms with E-state index in [1.807, 2.05) is 6.92 Å². The summed E-state index contributed by atoms with van der Waals surface area (Å²) in [5.41, 5.74) is -0.513. The predicted molar refractivity (Wildman–Crippen MR) is 140 cm³/mol. The van der Waals surface area contributed by atoms with Crippen molar-refractivity contribution in [3.8, 4) is 0 Å². The number of nitrogens with zero attached hydrogens (tertiary/aromatic N) is 1. The Kier molecular flexibility index (Phi) is 11.0. The third kappa shape index (κ3) is 8.34. The molecular formula is C27H33ClF2N4O5. The van der Waals surface area contributed by atoms with Crippen LogP contribution in [0.2, 0.25) is 5.02 Å². The largest absolute Gasteiger partial charge is 0.434 e. The maximum atomic E-state index is 15.7. The lowest BCUT2D eigenvalue weighted by atomic mass is 9.98. The standard InChI is InChI=1S/C27H33ClF2N4O5/c1-2-3-9-22(25(37)33-21(16-35)13-17-10-12-32-24(17)36)34-26(38)39-23(18-6-5-11-31-15-18)27(29,30)19-7-4-8-20(28)14-19/h4-8,11,14-15,17,21-23,35H,2-3,9-10,12-13,16H2,1H3,(H,32,36)(H,33,37)(H,34,38)/t17-,21-,22-,23?/m0/s1. The van der Waals surface area contributed by atoms with Crippen LogP contribution in [0.25, 0.3) is 0 Å². The fraction of sp³-hybridized carbons (Fsp3) is 0.481. The van der Waals surface area contributed by atoms with Gasteiger partial charge >= 0.3 is 12.0 Å². The van der Waals surface area contributed by atoms with Crippen molar-refractivity contribution in [2.24, 2.45) is 5.92 Å². The van der Waals surface area contributed by atoms with Crippen LogP contribution < -0.4 is 16.0 Å². The van der Waals surface area contributed by atoms with Gasteiger partial charge in [-0.3, -0.25) is 14.6 Å². The summed E-state index contributed by atoms with van der Waals surface area (Å²) in [5.74, 6) is -4.79. The minimum atomic E-state index is -3.68. The minimum absolute atomic E-state index is 0.0534. The number of alkyl carbamates (subject to hydrolysis) is 1. The molecule has 0 spiro atoms. The van der Waals surface area contributed by atoms with Gasteiger partial charge in [0.25, 0.3) is 0 Å². The van der Waals surface area contributed by atoms with E-state index in [2.05, 4.69) is 20.9 Å². The van der Waals surface area contributed by atoms with Crippen LogP contribution in [0.15, 0.2) is 48.8 Å². The van der Waals surface area contributed by atoms with Crippen LogP contribution in [-0.4, -0.2) is 53.2 Å². The number of ether oxygens (including phenoxy) is 1. The van der Waals surface area contributed by atoms with Crippen LogP contribution in [0.1, 0.15) is 56.3 Å². The zero-order chi connectivity index (χ0) is 28.4. The van der Waals surface area contributed by atoms with E-state index >= 15 is 8.78 Å². The summed E-state index contributed by atoms with van der Waals surface area (Å²) in [4.78, 5) is 41.8. The van der Waals surface area contributed by atoms with Crippen LogP contribution in [0.4, 0.5) is 13.6 Å². The summed E-state index contributed by atoms with van der Waals surface area (Å²) in [5, 5.41) is 17.6. The normalized spacial score (nSPS) is 17.6. The Balaban J connectivity index is 1.75. The van der Waals surface area contributed by atoms with Crippen molar-refractivity contribution in [1.29, 1.82) is 0 Å². The van der Waals surface area contributed by atoms with Crippen molar-refractivity contribution in [3.63, 3.8) is 0 Å². The molecule has 2 aromatic rings. The van der Waals surface area contributed by atoms with Crippen molar-refractivity contribution < 1.29 is 33.0 Å². The third-order valence-electron chi connectivity index (χ3n) is 6.50. The molecule has 12 heteroatoms. The molecule has 1 saturated heterocycles. The first-order valence-corrected chi connectivity index (χ1v) is 13.2. The number of pyridine rings is 1. The number of unbranched alkanes of at least 4 members (excludes halogenated alkanes) is 1. The van der Waals surface area contributed by atoms with Crippen LogP contribution >= 0.6 is 11.6 Å². The summed E-state index contributed by atoms with van der Waals surface area (Å²) in [6.07, 6.45) is 1.57. The number of nitrogens with one attached hydrogen (secondary N) is 3. The molecule has 3 rings (SSSR count). The van der Waals surface area contributed by atoms with E-state index in [9.17, 15) is 19.5 Å². The Hall–Kier alpha value is -3.31. The number of aliphatic hydroxyl groups excluding tert-OH is 1. The smallest absolute Gasteiger partial charge is 0.408 e. The van der Waals surface area contributed by atoms with E-state index in [1.54, 1.807) is 0 Å². The van der Waals surface area contributed by atoms with Crippen LogP contribution in [-0.2, 0) is 20.2 Å². The molecule has 9 nitrogen and oxygen atoms in total. The van der Waals surface area contributed by atoms with Crippen molar-refractivity contribution in [3.05, 3.63) is 64.9 Å². The van der Waals surface area contributed by atoms with Gasteiger partial charge in [-0.1, -0.05) is 49.6 Å². The van der Waals surface area contributed by atoms with Crippen molar-refractivity contribution in [2.45, 2.75) is 63.1 Å². The molecule has 39 heavy (non-hydrogen) atoms. The predicted octanol–water partition coefficient (Wildman–Crippen LogP) is 3.86. The Bertz CT molecular complexity index is 1120. The topological polar surface area (TPSA) is 130 Å². The first-order valence-electron chi connectivity index (χ1n) is 12.9. The first kappa shape index (κ1) is 30.2. The van der Waals surface area contributed by atoms with Crippen molar-refractivity contribution >= 4 is 29.5 Å². The molecule has 0 aliphatic carbocycles. The van der Waals surface area contributed by atoms with Crippen LogP contribution in [0, 0.1) is 5.92 Å². The van der Waals surface area contributed by atoms with Gasteiger partial charge in [0.1, 0.15) is 6.04 Å².